The molecule has 1 aromatic carbocycles. The summed E-state index contributed by atoms with van der Waals surface area (Å²) < 4.78 is 26.7. The second-order valence-corrected chi connectivity index (χ2v) is 6.44. The summed E-state index contributed by atoms with van der Waals surface area (Å²) in [6, 6.07) is 4.41. The first-order valence-electron chi connectivity index (χ1n) is 5.51. The Bertz CT molecular complexity index is 530. The maximum Gasteiger partial charge on any atom is 0.240 e. The fraction of sp³-hybridized carbons (Fsp3) is 0.455. The van der Waals surface area contributed by atoms with Gasteiger partial charge in [0, 0.05) is 6.04 Å². The Morgan fingerprint density at radius 1 is 1.53 bits per heavy atom. The van der Waals surface area contributed by atoms with E-state index in [-0.39, 0.29) is 16.0 Å². The summed E-state index contributed by atoms with van der Waals surface area (Å²) >= 11 is 5.81. The molecule has 0 radical (unpaired) electrons. The molecule has 1 fully saturated rings. The van der Waals surface area contributed by atoms with Crippen LogP contribution in [-0.4, -0.2) is 14.5 Å². The number of rotatable bonds is 4. The van der Waals surface area contributed by atoms with Gasteiger partial charge in [-0.2, -0.15) is 0 Å². The van der Waals surface area contributed by atoms with Crippen LogP contribution in [0.2, 0.25) is 5.02 Å². The van der Waals surface area contributed by atoms with Crippen molar-refractivity contribution in [1.29, 1.82) is 0 Å². The molecular formula is C11H15ClN2O2S. The number of nitrogens with one attached hydrogen (secondary N) is 1. The van der Waals surface area contributed by atoms with Gasteiger partial charge in [-0.1, -0.05) is 24.9 Å². The molecule has 1 aromatic rings. The summed E-state index contributed by atoms with van der Waals surface area (Å²) in [4.78, 5) is 0.165. The lowest BCUT2D eigenvalue weighted by Gasteiger charge is -2.07. The number of hydrogen-bond acceptors (Lipinski definition) is 3. The monoisotopic (exact) mass is 274 g/mol. The quantitative estimate of drug-likeness (QED) is 0.825. The molecule has 94 valence electrons. The van der Waals surface area contributed by atoms with E-state index in [0.29, 0.717) is 11.6 Å². The molecule has 4 nitrogen and oxygen atoms in total. The Hall–Kier alpha value is -0.780. The van der Waals surface area contributed by atoms with E-state index in [1.54, 1.807) is 0 Å². The minimum absolute atomic E-state index is 0.0707. The Labute approximate surface area is 106 Å². The average molecular weight is 275 g/mol. The van der Waals surface area contributed by atoms with E-state index in [2.05, 4.69) is 11.6 Å². The zero-order valence-corrected chi connectivity index (χ0v) is 11.1. The fourth-order valence-electron chi connectivity index (χ4n) is 1.79. The van der Waals surface area contributed by atoms with Gasteiger partial charge in [0.25, 0.3) is 0 Å². The first kappa shape index (κ1) is 12.7. The van der Waals surface area contributed by atoms with Gasteiger partial charge in [-0.25, -0.2) is 13.1 Å². The highest BCUT2D eigenvalue weighted by molar-refractivity contribution is 7.89. The fourth-order valence-corrected chi connectivity index (χ4v) is 3.37. The van der Waals surface area contributed by atoms with Crippen LogP contribution in [0.15, 0.2) is 23.1 Å². The van der Waals surface area contributed by atoms with Gasteiger partial charge < -0.3 is 5.73 Å². The summed E-state index contributed by atoms with van der Waals surface area (Å²) in [7, 11) is -3.47. The molecule has 1 aliphatic carbocycles. The van der Waals surface area contributed by atoms with Crippen molar-refractivity contribution in [2.75, 3.05) is 5.73 Å². The molecule has 2 atom stereocenters. The molecular weight excluding hydrogens is 260 g/mol. The predicted molar refractivity (Wildman–Crippen MR) is 68.4 cm³/mol. The molecule has 0 heterocycles. The molecule has 2 rings (SSSR count). The largest absolute Gasteiger partial charge is 0.398 e. The van der Waals surface area contributed by atoms with Gasteiger partial charge in [0.2, 0.25) is 10.0 Å². The molecule has 2 unspecified atom stereocenters. The molecule has 0 saturated heterocycles. The Morgan fingerprint density at radius 2 is 2.24 bits per heavy atom. The summed E-state index contributed by atoms with van der Waals surface area (Å²) in [6.45, 7) is 2.05. The number of hydrogen-bond donors (Lipinski definition) is 2. The number of sulfonamides is 1. The van der Waals surface area contributed by atoms with Crippen LogP contribution in [0.4, 0.5) is 5.69 Å². The van der Waals surface area contributed by atoms with Crippen molar-refractivity contribution in [3.63, 3.8) is 0 Å². The van der Waals surface area contributed by atoms with Crippen molar-refractivity contribution in [2.45, 2.75) is 30.7 Å². The summed E-state index contributed by atoms with van der Waals surface area (Å²) in [5.74, 6) is 0.467. The topological polar surface area (TPSA) is 72.2 Å². The van der Waals surface area contributed by atoms with E-state index in [1.807, 2.05) is 0 Å². The van der Waals surface area contributed by atoms with Gasteiger partial charge in [0.15, 0.2) is 0 Å². The Morgan fingerprint density at radius 3 is 2.76 bits per heavy atom. The number of halogens is 1. The van der Waals surface area contributed by atoms with Crippen LogP contribution in [0.1, 0.15) is 19.8 Å². The normalized spacial score (nSPS) is 23.6. The third-order valence-electron chi connectivity index (χ3n) is 3.04. The zero-order chi connectivity index (χ0) is 12.6. The van der Waals surface area contributed by atoms with E-state index in [9.17, 15) is 8.42 Å². The van der Waals surface area contributed by atoms with Crippen LogP contribution in [0.25, 0.3) is 0 Å². The predicted octanol–water partition coefficient (Wildman–Crippen LogP) is 2.00. The number of nitrogen functional groups attached to an aromatic ring is 1. The molecule has 0 spiro atoms. The molecule has 0 aliphatic heterocycles. The van der Waals surface area contributed by atoms with Crippen molar-refractivity contribution in [1.82, 2.24) is 4.72 Å². The Kier molecular flexibility index (Phi) is 3.34. The number of anilines is 1. The van der Waals surface area contributed by atoms with Crippen molar-refractivity contribution in [2.24, 2.45) is 5.92 Å². The third kappa shape index (κ3) is 2.73. The van der Waals surface area contributed by atoms with Crippen molar-refractivity contribution in [3.8, 4) is 0 Å². The lowest BCUT2D eigenvalue weighted by Crippen LogP contribution is -2.27. The van der Waals surface area contributed by atoms with Crippen molar-refractivity contribution in [3.05, 3.63) is 23.2 Å². The minimum Gasteiger partial charge on any atom is -0.398 e. The van der Waals surface area contributed by atoms with E-state index in [0.717, 1.165) is 12.8 Å². The van der Waals surface area contributed by atoms with Gasteiger partial charge in [-0.3, -0.25) is 0 Å². The standard InChI is InChI=1S/C11H15ClN2O2S/c1-2-7-5-11(7)14-17(15,16)8-3-4-10(13)9(12)6-8/h3-4,6-7,11,14H,2,5,13H2,1H3. The van der Waals surface area contributed by atoms with Gasteiger partial charge in [0.05, 0.1) is 15.6 Å². The number of nitrogens with two attached hydrogens (primary N) is 1. The van der Waals surface area contributed by atoms with Gasteiger partial charge >= 0.3 is 0 Å². The summed E-state index contributed by atoms with van der Waals surface area (Å²) in [6.07, 6.45) is 1.91. The van der Waals surface area contributed by atoms with E-state index >= 15 is 0 Å². The maximum absolute atomic E-state index is 12.0. The lowest BCUT2D eigenvalue weighted by molar-refractivity contribution is 0.576. The van der Waals surface area contributed by atoms with Gasteiger partial charge in [-0.15, -0.1) is 0 Å². The van der Waals surface area contributed by atoms with E-state index < -0.39 is 10.0 Å². The second kappa shape index (κ2) is 4.48. The third-order valence-corrected chi connectivity index (χ3v) is 4.85. The van der Waals surface area contributed by atoms with Crippen LogP contribution in [-0.2, 0) is 10.0 Å². The van der Waals surface area contributed by atoms with Crippen molar-refractivity contribution < 1.29 is 8.42 Å². The molecule has 0 bridgehead atoms. The highest BCUT2D eigenvalue weighted by atomic mass is 35.5. The molecule has 17 heavy (non-hydrogen) atoms. The van der Waals surface area contributed by atoms with Gasteiger partial charge in [0.1, 0.15) is 0 Å². The molecule has 1 aliphatic rings. The van der Waals surface area contributed by atoms with Crippen LogP contribution in [0.5, 0.6) is 0 Å². The maximum atomic E-state index is 12.0. The molecule has 0 aromatic heterocycles. The molecule has 3 N–H and O–H groups in total. The van der Waals surface area contributed by atoms with E-state index in [4.69, 9.17) is 17.3 Å². The first-order valence-corrected chi connectivity index (χ1v) is 7.37. The van der Waals surface area contributed by atoms with Crippen LogP contribution in [0.3, 0.4) is 0 Å². The second-order valence-electron chi connectivity index (χ2n) is 4.32. The highest BCUT2D eigenvalue weighted by Crippen LogP contribution is 2.34. The SMILES string of the molecule is CCC1CC1NS(=O)(=O)c1ccc(N)c(Cl)c1. The lowest BCUT2D eigenvalue weighted by atomic mass is 10.3. The highest BCUT2D eigenvalue weighted by Gasteiger charge is 2.38. The molecule has 0 amide bonds. The minimum atomic E-state index is -3.47. The summed E-state index contributed by atoms with van der Waals surface area (Å²) in [5, 5.41) is 0.260. The Balaban J connectivity index is 2.17. The summed E-state index contributed by atoms with van der Waals surface area (Å²) in [5.41, 5.74) is 5.92. The van der Waals surface area contributed by atoms with Gasteiger partial charge in [-0.05, 0) is 30.5 Å². The van der Waals surface area contributed by atoms with Crippen LogP contribution in [0, 0.1) is 5.92 Å². The van der Waals surface area contributed by atoms with Crippen molar-refractivity contribution >= 4 is 27.3 Å². The van der Waals surface area contributed by atoms with E-state index in [1.165, 1.54) is 18.2 Å². The molecule has 6 heteroatoms. The number of benzene rings is 1. The average Bonchev–Trinajstić information content (AvgIpc) is 2.99. The van der Waals surface area contributed by atoms with Crippen LogP contribution >= 0.6 is 11.6 Å². The smallest absolute Gasteiger partial charge is 0.240 e. The first-order chi connectivity index (χ1) is 7.94. The van der Waals surface area contributed by atoms with Crippen LogP contribution < -0.4 is 10.5 Å². The molecule has 1 saturated carbocycles. The zero-order valence-electron chi connectivity index (χ0n) is 9.48.